The molecule has 1 heterocycles. The molecule has 1 unspecified atom stereocenters. The molecule has 0 aliphatic rings. The minimum Gasteiger partial charge on any atom is -0.320 e. The highest BCUT2D eigenvalue weighted by Crippen LogP contribution is 2.04. The van der Waals surface area contributed by atoms with Crippen molar-refractivity contribution in [2.75, 3.05) is 0 Å². The normalized spacial score (nSPS) is 13.5. The van der Waals surface area contributed by atoms with Crippen LogP contribution < -0.4 is 22.4 Å². The van der Waals surface area contributed by atoms with Crippen molar-refractivity contribution in [2.45, 2.75) is 33.2 Å². The quantitative estimate of drug-likeness (QED) is 0.435. The third kappa shape index (κ3) is 5.16. The number of aryl methyl sites for hydroxylation is 1. The summed E-state index contributed by atoms with van der Waals surface area (Å²) in [7, 11) is 0. The molecule has 0 saturated heterocycles. The first-order valence-corrected chi connectivity index (χ1v) is 6.28. The smallest absolute Gasteiger partial charge is 0.320 e. The van der Waals surface area contributed by atoms with Crippen LogP contribution in [0.4, 0.5) is 0 Å². The lowest BCUT2D eigenvalue weighted by Crippen LogP contribution is -2.42. The Bertz CT molecular complexity index is 622. The SMILES string of the molecule is CCC(C)[C@H](N)C(=O)N/N=C/c1c(C)[nH]c(=O)[nH]c1=O.Cl. The number of carbonyl (C=O) groups excluding carboxylic acids is 1. The van der Waals surface area contributed by atoms with Gasteiger partial charge in [-0.1, -0.05) is 20.3 Å². The van der Waals surface area contributed by atoms with Gasteiger partial charge in [-0.05, 0) is 12.8 Å². The molecular formula is C12H20ClN5O3. The first kappa shape index (κ1) is 19.1. The van der Waals surface area contributed by atoms with Gasteiger partial charge in [0.2, 0.25) is 0 Å². The van der Waals surface area contributed by atoms with E-state index in [9.17, 15) is 14.4 Å². The molecule has 0 aliphatic heterocycles. The number of aromatic nitrogens is 2. The second kappa shape index (κ2) is 8.38. The number of nitrogens with two attached hydrogens (primary N) is 1. The summed E-state index contributed by atoms with van der Waals surface area (Å²) in [5, 5.41) is 3.68. The fraction of sp³-hybridized carbons (Fsp3) is 0.500. The molecular weight excluding hydrogens is 298 g/mol. The first-order valence-electron chi connectivity index (χ1n) is 6.28. The minimum absolute atomic E-state index is 0. The summed E-state index contributed by atoms with van der Waals surface area (Å²) in [5.41, 5.74) is 7.37. The number of rotatable bonds is 5. The molecule has 1 aromatic heterocycles. The molecule has 1 aromatic rings. The van der Waals surface area contributed by atoms with Crippen molar-refractivity contribution in [3.8, 4) is 0 Å². The third-order valence-electron chi connectivity index (χ3n) is 3.10. The molecule has 2 atom stereocenters. The maximum absolute atomic E-state index is 11.7. The zero-order chi connectivity index (χ0) is 15.3. The highest BCUT2D eigenvalue weighted by Gasteiger charge is 2.18. The number of hydrogen-bond acceptors (Lipinski definition) is 5. The standard InChI is InChI=1S/C12H19N5O3.ClH/c1-4-6(2)9(13)11(19)17-14-5-8-7(3)15-12(20)16-10(8)18;/h5-6,9H,4,13H2,1-3H3,(H,17,19)(H2,15,16,18,20);1H/b14-5+;/t6?,9-;/m0./s1. The van der Waals surface area contributed by atoms with E-state index in [0.717, 1.165) is 6.42 Å². The van der Waals surface area contributed by atoms with Crippen molar-refractivity contribution >= 4 is 24.5 Å². The van der Waals surface area contributed by atoms with Crippen LogP contribution >= 0.6 is 12.4 Å². The summed E-state index contributed by atoms with van der Waals surface area (Å²) in [6, 6.07) is -0.660. The maximum Gasteiger partial charge on any atom is 0.325 e. The van der Waals surface area contributed by atoms with Crippen LogP contribution in [-0.2, 0) is 4.79 Å². The number of halogens is 1. The molecule has 0 radical (unpaired) electrons. The lowest BCUT2D eigenvalue weighted by Gasteiger charge is -2.15. The number of nitrogens with zero attached hydrogens (tertiary/aromatic N) is 1. The number of aromatic amines is 2. The summed E-state index contributed by atoms with van der Waals surface area (Å²) in [4.78, 5) is 38.7. The Morgan fingerprint density at radius 3 is 2.57 bits per heavy atom. The van der Waals surface area contributed by atoms with E-state index in [0.29, 0.717) is 5.69 Å². The van der Waals surface area contributed by atoms with Crippen molar-refractivity contribution in [3.63, 3.8) is 0 Å². The number of carbonyl (C=O) groups is 1. The van der Waals surface area contributed by atoms with Crippen LogP contribution in [0.2, 0.25) is 0 Å². The molecule has 0 fully saturated rings. The molecule has 0 saturated carbocycles. The zero-order valence-electron chi connectivity index (χ0n) is 12.1. The summed E-state index contributed by atoms with van der Waals surface area (Å²) < 4.78 is 0. The number of hydrogen-bond donors (Lipinski definition) is 4. The van der Waals surface area contributed by atoms with E-state index in [1.165, 1.54) is 6.21 Å². The molecule has 0 aromatic carbocycles. The van der Waals surface area contributed by atoms with Crippen LogP contribution in [0.5, 0.6) is 0 Å². The van der Waals surface area contributed by atoms with Gasteiger partial charge in [-0.2, -0.15) is 5.10 Å². The van der Waals surface area contributed by atoms with Gasteiger partial charge in [-0.15, -0.1) is 12.4 Å². The fourth-order valence-electron chi connectivity index (χ4n) is 1.51. The molecule has 0 spiro atoms. The highest BCUT2D eigenvalue weighted by atomic mass is 35.5. The van der Waals surface area contributed by atoms with E-state index < -0.39 is 23.2 Å². The second-order valence-corrected chi connectivity index (χ2v) is 4.59. The minimum atomic E-state index is -0.660. The largest absolute Gasteiger partial charge is 0.325 e. The molecule has 5 N–H and O–H groups in total. The third-order valence-corrected chi connectivity index (χ3v) is 3.10. The van der Waals surface area contributed by atoms with Crippen molar-refractivity contribution in [2.24, 2.45) is 16.8 Å². The first-order chi connectivity index (χ1) is 9.36. The fourth-order valence-corrected chi connectivity index (χ4v) is 1.51. The van der Waals surface area contributed by atoms with E-state index in [-0.39, 0.29) is 23.9 Å². The zero-order valence-corrected chi connectivity index (χ0v) is 12.9. The van der Waals surface area contributed by atoms with Crippen LogP contribution in [0.25, 0.3) is 0 Å². The Hall–Kier alpha value is -1.93. The summed E-state index contributed by atoms with van der Waals surface area (Å²) in [5.74, 6) is -0.391. The van der Waals surface area contributed by atoms with Gasteiger partial charge < -0.3 is 10.7 Å². The van der Waals surface area contributed by atoms with E-state index in [1.807, 2.05) is 13.8 Å². The molecule has 0 aliphatic carbocycles. The molecule has 21 heavy (non-hydrogen) atoms. The van der Waals surface area contributed by atoms with Crippen LogP contribution in [0.1, 0.15) is 31.5 Å². The van der Waals surface area contributed by atoms with Gasteiger partial charge in [0.25, 0.3) is 11.5 Å². The predicted molar refractivity (Wildman–Crippen MR) is 82.8 cm³/mol. The van der Waals surface area contributed by atoms with Crippen molar-refractivity contribution in [1.29, 1.82) is 0 Å². The average Bonchev–Trinajstić information content (AvgIpc) is 2.39. The Morgan fingerprint density at radius 1 is 1.43 bits per heavy atom. The molecule has 9 heteroatoms. The van der Waals surface area contributed by atoms with E-state index in [2.05, 4.69) is 20.5 Å². The van der Waals surface area contributed by atoms with Gasteiger partial charge >= 0.3 is 5.69 Å². The Balaban J connectivity index is 0.00000400. The van der Waals surface area contributed by atoms with E-state index >= 15 is 0 Å². The lowest BCUT2D eigenvalue weighted by molar-refractivity contribution is -0.123. The van der Waals surface area contributed by atoms with Gasteiger partial charge in [0.15, 0.2) is 0 Å². The highest BCUT2D eigenvalue weighted by molar-refractivity contribution is 5.85. The van der Waals surface area contributed by atoms with Gasteiger partial charge in [-0.3, -0.25) is 14.6 Å². The molecule has 1 amide bonds. The summed E-state index contributed by atoms with van der Waals surface area (Å²) >= 11 is 0. The maximum atomic E-state index is 11.7. The Morgan fingerprint density at radius 2 is 2.05 bits per heavy atom. The topological polar surface area (TPSA) is 133 Å². The van der Waals surface area contributed by atoms with Gasteiger partial charge in [0, 0.05) is 5.69 Å². The van der Waals surface area contributed by atoms with Crippen molar-refractivity contribution < 1.29 is 4.79 Å². The van der Waals surface area contributed by atoms with Crippen molar-refractivity contribution in [1.82, 2.24) is 15.4 Å². The summed E-state index contributed by atoms with van der Waals surface area (Å²) in [6.07, 6.45) is 1.95. The van der Waals surface area contributed by atoms with E-state index in [4.69, 9.17) is 5.73 Å². The van der Waals surface area contributed by atoms with Gasteiger partial charge in [-0.25, -0.2) is 10.2 Å². The number of nitrogens with one attached hydrogen (secondary N) is 3. The lowest BCUT2D eigenvalue weighted by atomic mass is 10.00. The molecule has 0 bridgehead atoms. The molecule has 1 rings (SSSR count). The van der Waals surface area contributed by atoms with Crippen LogP contribution in [-0.4, -0.2) is 28.1 Å². The van der Waals surface area contributed by atoms with Crippen LogP contribution in [0.3, 0.4) is 0 Å². The van der Waals surface area contributed by atoms with E-state index in [1.54, 1.807) is 6.92 Å². The molecule has 8 nitrogen and oxygen atoms in total. The van der Waals surface area contributed by atoms with Crippen molar-refractivity contribution in [3.05, 3.63) is 32.1 Å². The second-order valence-electron chi connectivity index (χ2n) is 4.59. The predicted octanol–water partition coefficient (Wildman–Crippen LogP) is -0.383. The number of amides is 1. The molecule has 118 valence electrons. The Kier molecular flexibility index (Phi) is 7.61. The summed E-state index contributed by atoms with van der Waals surface area (Å²) in [6.45, 7) is 5.36. The number of hydrazone groups is 1. The van der Waals surface area contributed by atoms with Crippen LogP contribution in [0.15, 0.2) is 14.7 Å². The van der Waals surface area contributed by atoms with Gasteiger partial charge in [0.05, 0.1) is 17.8 Å². The average molecular weight is 318 g/mol. The number of H-pyrrole nitrogens is 2. The van der Waals surface area contributed by atoms with Gasteiger partial charge in [0.1, 0.15) is 0 Å². The monoisotopic (exact) mass is 317 g/mol. The van der Waals surface area contributed by atoms with Crippen LogP contribution in [0, 0.1) is 12.8 Å². The Labute approximate surface area is 127 Å².